The van der Waals surface area contributed by atoms with Gasteiger partial charge in [0.25, 0.3) is 0 Å². The summed E-state index contributed by atoms with van der Waals surface area (Å²) < 4.78 is 38.3. The van der Waals surface area contributed by atoms with E-state index >= 15 is 0 Å². The van der Waals surface area contributed by atoms with Crippen molar-refractivity contribution in [1.29, 1.82) is 0 Å². The fourth-order valence-electron chi connectivity index (χ4n) is 2.16. The number of halogens is 1. The Kier molecular flexibility index (Phi) is 3.79. The Balaban J connectivity index is 2.08. The van der Waals surface area contributed by atoms with Gasteiger partial charge >= 0.3 is 4.93 Å². The van der Waals surface area contributed by atoms with Crippen molar-refractivity contribution < 1.29 is 28.5 Å². The van der Waals surface area contributed by atoms with Crippen LogP contribution in [0.4, 0.5) is 0 Å². The molecule has 1 atom stereocenters. The Morgan fingerprint density at radius 3 is 2.29 bits per heavy atom. The normalized spacial score (nSPS) is 21.1. The molecule has 1 unspecified atom stereocenters. The molecule has 2 aromatic carbocycles. The predicted molar refractivity (Wildman–Crippen MR) is 70.5 cm³/mol. The molecular formula is C15H11ClO4S. The second-order valence-electron chi connectivity index (χ2n) is 4.46. The van der Waals surface area contributed by atoms with Crippen LogP contribution in [-0.4, -0.2) is 0 Å². The van der Waals surface area contributed by atoms with Crippen LogP contribution in [0.5, 0.6) is 0 Å². The third-order valence-electron chi connectivity index (χ3n) is 3.05. The van der Waals surface area contributed by atoms with Crippen LogP contribution >= 0.6 is 11.8 Å². The summed E-state index contributed by atoms with van der Waals surface area (Å²) in [5.74, 6) is 0. The van der Waals surface area contributed by atoms with Crippen LogP contribution in [-0.2, 0) is 9.22 Å². The number of thioether (sulfide) groups is 1. The molecule has 1 aliphatic heterocycles. The van der Waals surface area contributed by atoms with Crippen molar-refractivity contribution >= 4 is 17.8 Å². The van der Waals surface area contributed by atoms with E-state index < -0.39 is 15.2 Å². The predicted octanol–water partition coefficient (Wildman–Crippen LogP) is 0.572. The first kappa shape index (κ1) is 14.6. The van der Waals surface area contributed by atoms with Crippen molar-refractivity contribution in [1.82, 2.24) is 0 Å². The molecule has 1 aliphatic rings. The molecule has 0 amide bonds. The lowest BCUT2D eigenvalue weighted by atomic mass is 10.1. The average Bonchev–Trinajstić information content (AvgIpc) is 2.46. The van der Waals surface area contributed by atoms with Crippen LogP contribution in [0.15, 0.2) is 65.6 Å². The molecule has 0 saturated heterocycles. The fraction of sp³-hybridized carbons (Fsp3) is 0.0667. The Labute approximate surface area is 128 Å². The topological polar surface area (TPSA) is 78.4 Å². The molecular weight excluding hydrogens is 312 g/mol. The largest absolute Gasteiger partial charge is 0.317 e. The van der Waals surface area contributed by atoms with E-state index in [9.17, 15) is 14.0 Å². The summed E-state index contributed by atoms with van der Waals surface area (Å²) in [6.45, 7) is 0. The first-order valence-electron chi connectivity index (χ1n) is 6.13. The van der Waals surface area contributed by atoms with Crippen molar-refractivity contribution in [3.05, 3.63) is 71.8 Å². The lowest BCUT2D eigenvalue weighted by molar-refractivity contribution is -1.92. The summed E-state index contributed by atoms with van der Waals surface area (Å²) in [7, 11) is -4.56. The van der Waals surface area contributed by atoms with Crippen molar-refractivity contribution in [3.8, 4) is 0 Å². The monoisotopic (exact) mass is 322 g/mol. The summed E-state index contributed by atoms with van der Waals surface area (Å²) in [4.78, 5) is -0.528. The highest BCUT2D eigenvalue weighted by Crippen LogP contribution is 2.49. The van der Waals surface area contributed by atoms with Gasteiger partial charge < -0.3 is 0 Å². The molecule has 3 rings (SSSR count). The average molecular weight is 323 g/mol. The van der Waals surface area contributed by atoms with E-state index in [1.54, 1.807) is 36.4 Å². The second kappa shape index (κ2) is 5.46. The zero-order valence-corrected chi connectivity index (χ0v) is 12.3. The fourth-order valence-corrected chi connectivity index (χ4v) is 4.06. The van der Waals surface area contributed by atoms with Crippen LogP contribution in [0, 0.1) is 10.2 Å². The SMILES string of the molecule is [O-][Cl+3]([O-])([O-])OC1(c2ccccc2)C=Cc2ccccc2S1. The van der Waals surface area contributed by atoms with Crippen LogP contribution in [0.3, 0.4) is 0 Å². The molecule has 4 nitrogen and oxygen atoms in total. The van der Waals surface area contributed by atoms with E-state index in [1.807, 2.05) is 30.3 Å². The van der Waals surface area contributed by atoms with Gasteiger partial charge in [0.15, 0.2) is 0 Å². The Morgan fingerprint density at radius 2 is 1.57 bits per heavy atom. The number of benzene rings is 2. The van der Waals surface area contributed by atoms with E-state index in [1.165, 1.54) is 11.8 Å². The molecule has 21 heavy (non-hydrogen) atoms. The molecule has 1 heterocycles. The molecule has 6 heteroatoms. The minimum Gasteiger partial charge on any atom is -0.183 e. The van der Waals surface area contributed by atoms with E-state index in [2.05, 4.69) is 0 Å². The highest BCUT2D eigenvalue weighted by Gasteiger charge is 2.48. The van der Waals surface area contributed by atoms with Crippen LogP contribution in [0.2, 0.25) is 0 Å². The maximum Gasteiger partial charge on any atom is 0.317 e. The van der Waals surface area contributed by atoms with Crippen LogP contribution < -0.4 is 14.0 Å². The minimum absolute atomic E-state index is 0.590. The molecule has 0 bridgehead atoms. The van der Waals surface area contributed by atoms with Gasteiger partial charge in [-0.3, -0.25) is 0 Å². The minimum atomic E-state index is -4.56. The van der Waals surface area contributed by atoms with Gasteiger partial charge in [0, 0.05) is 10.5 Å². The molecule has 108 valence electrons. The molecule has 0 saturated carbocycles. The number of rotatable bonds is 3. The Hall–Kier alpha value is -1.34. The molecule has 0 aliphatic carbocycles. The van der Waals surface area contributed by atoms with E-state index in [-0.39, 0.29) is 0 Å². The molecule has 0 radical (unpaired) electrons. The van der Waals surface area contributed by atoms with Gasteiger partial charge in [0.05, 0.1) is 14.5 Å². The maximum absolute atomic E-state index is 11.1. The highest BCUT2D eigenvalue weighted by molar-refractivity contribution is 8.00. The molecule has 0 spiro atoms. The zero-order chi connectivity index (χ0) is 14.9. The van der Waals surface area contributed by atoms with Gasteiger partial charge in [-0.05, 0) is 17.7 Å². The number of hydrogen-bond acceptors (Lipinski definition) is 5. The third kappa shape index (κ3) is 3.13. The van der Waals surface area contributed by atoms with E-state index in [4.69, 9.17) is 4.29 Å². The van der Waals surface area contributed by atoms with Crippen molar-refractivity contribution in [3.63, 3.8) is 0 Å². The summed E-state index contributed by atoms with van der Waals surface area (Å²) >= 11 is 1.19. The first-order valence-corrected chi connectivity index (χ1v) is 8.18. The maximum atomic E-state index is 11.1. The Morgan fingerprint density at radius 1 is 0.905 bits per heavy atom. The van der Waals surface area contributed by atoms with Crippen LogP contribution in [0.25, 0.3) is 6.08 Å². The first-order chi connectivity index (χ1) is 9.99. The summed E-state index contributed by atoms with van der Waals surface area (Å²) in [6.07, 6.45) is 3.36. The van der Waals surface area contributed by atoms with Crippen molar-refractivity contribution in [2.45, 2.75) is 9.83 Å². The second-order valence-corrected chi connectivity index (χ2v) is 6.62. The Bertz CT molecular complexity index is 669. The standard InChI is InChI=1S/C15H11ClO4S/c17-16(18,19)20-15(13-7-2-1-3-8-13)11-10-12-6-4-5-9-14(12)21-15/h1-11H. The lowest BCUT2D eigenvalue weighted by Gasteiger charge is -2.29. The van der Waals surface area contributed by atoms with Crippen molar-refractivity contribution in [2.75, 3.05) is 0 Å². The van der Waals surface area contributed by atoms with Gasteiger partial charge in [-0.1, -0.05) is 66.4 Å². The quantitative estimate of drug-likeness (QED) is 0.825. The lowest BCUT2D eigenvalue weighted by Crippen LogP contribution is -2.63. The molecule has 0 fully saturated rings. The van der Waals surface area contributed by atoms with Crippen molar-refractivity contribution in [2.24, 2.45) is 0 Å². The molecule has 2 aromatic rings. The van der Waals surface area contributed by atoms with Gasteiger partial charge in [0.2, 0.25) is 0 Å². The third-order valence-corrected chi connectivity index (χ3v) is 4.92. The molecule has 0 N–H and O–H groups in total. The number of fused-ring (bicyclic) bond motifs is 1. The van der Waals surface area contributed by atoms with Crippen LogP contribution in [0.1, 0.15) is 11.1 Å². The zero-order valence-electron chi connectivity index (χ0n) is 10.8. The van der Waals surface area contributed by atoms with Gasteiger partial charge in [0.1, 0.15) is 0 Å². The van der Waals surface area contributed by atoms with Gasteiger partial charge in [-0.25, -0.2) is 0 Å². The summed E-state index contributed by atoms with van der Waals surface area (Å²) in [5.41, 5.74) is 1.55. The summed E-state index contributed by atoms with van der Waals surface area (Å²) in [6, 6.07) is 16.3. The van der Waals surface area contributed by atoms with Gasteiger partial charge in [-0.2, -0.15) is 14.0 Å². The molecule has 0 aromatic heterocycles. The smallest absolute Gasteiger partial charge is 0.183 e. The summed E-state index contributed by atoms with van der Waals surface area (Å²) in [5, 5.41) is 0. The van der Waals surface area contributed by atoms with E-state index in [0.29, 0.717) is 5.56 Å². The highest BCUT2D eigenvalue weighted by atomic mass is 35.7. The number of hydrogen-bond donors (Lipinski definition) is 0. The van der Waals surface area contributed by atoms with Gasteiger partial charge in [-0.15, -0.1) is 0 Å². The van der Waals surface area contributed by atoms with E-state index in [0.717, 1.165) is 10.5 Å².